The molecule has 7 nitrogen and oxygen atoms in total. The number of carboxylic acids is 1. The van der Waals surface area contributed by atoms with Crippen LogP contribution < -0.4 is 10.1 Å². The molecule has 20 heavy (non-hydrogen) atoms. The molecule has 0 fully saturated rings. The number of aromatic nitrogens is 2. The van der Waals surface area contributed by atoms with Crippen molar-refractivity contribution in [1.29, 1.82) is 0 Å². The zero-order chi connectivity index (χ0) is 14.5. The number of methoxy groups -OCH3 is 1. The van der Waals surface area contributed by atoms with E-state index in [1.165, 1.54) is 43.8 Å². The van der Waals surface area contributed by atoms with Gasteiger partial charge >= 0.3 is 5.97 Å². The smallest absolute Gasteiger partial charge is 0.339 e. The van der Waals surface area contributed by atoms with E-state index in [1.807, 2.05) is 0 Å². The van der Waals surface area contributed by atoms with E-state index in [9.17, 15) is 9.59 Å². The summed E-state index contributed by atoms with van der Waals surface area (Å²) in [6.45, 7) is 0. The Morgan fingerprint density at radius 1 is 1.25 bits per heavy atom. The molecular formula is C13H11N3O4. The lowest BCUT2D eigenvalue weighted by atomic mass is 10.1. The summed E-state index contributed by atoms with van der Waals surface area (Å²) in [7, 11) is 1.36. The van der Waals surface area contributed by atoms with Crippen LogP contribution in [-0.4, -0.2) is 34.3 Å². The van der Waals surface area contributed by atoms with Gasteiger partial charge in [-0.05, 0) is 18.2 Å². The summed E-state index contributed by atoms with van der Waals surface area (Å²) in [6, 6.07) is 5.81. The van der Waals surface area contributed by atoms with Crippen LogP contribution >= 0.6 is 0 Å². The summed E-state index contributed by atoms with van der Waals surface area (Å²) in [5, 5.41) is 18.8. The minimum atomic E-state index is -1.10. The van der Waals surface area contributed by atoms with E-state index in [0.29, 0.717) is 11.3 Å². The number of aromatic carboxylic acids is 1. The van der Waals surface area contributed by atoms with E-state index in [0.717, 1.165) is 0 Å². The van der Waals surface area contributed by atoms with Crippen molar-refractivity contribution in [3.63, 3.8) is 0 Å². The SMILES string of the molecule is COc1cc(NC(=O)c2ccnnc2)ccc1C(=O)O. The molecule has 2 N–H and O–H groups in total. The first-order chi connectivity index (χ1) is 9.61. The fourth-order valence-electron chi connectivity index (χ4n) is 1.57. The van der Waals surface area contributed by atoms with E-state index in [-0.39, 0.29) is 17.2 Å². The second kappa shape index (κ2) is 5.79. The molecule has 1 heterocycles. The molecule has 7 heteroatoms. The van der Waals surface area contributed by atoms with Crippen LogP contribution in [0.4, 0.5) is 5.69 Å². The van der Waals surface area contributed by atoms with Gasteiger partial charge in [-0.3, -0.25) is 4.79 Å². The standard InChI is InChI=1S/C13H11N3O4/c1-20-11-6-9(2-3-10(11)13(18)19)16-12(17)8-4-5-14-15-7-8/h2-7H,1H3,(H,16,17)(H,18,19). The van der Waals surface area contributed by atoms with E-state index in [2.05, 4.69) is 15.5 Å². The van der Waals surface area contributed by atoms with Gasteiger partial charge in [0.05, 0.1) is 25.1 Å². The number of nitrogens with zero attached hydrogens (tertiary/aromatic N) is 2. The number of benzene rings is 1. The number of hydrogen-bond acceptors (Lipinski definition) is 5. The maximum atomic E-state index is 11.9. The average molecular weight is 273 g/mol. The lowest BCUT2D eigenvalue weighted by Gasteiger charge is -2.09. The minimum absolute atomic E-state index is 0.0241. The molecule has 1 amide bonds. The molecule has 0 saturated heterocycles. The van der Waals surface area contributed by atoms with Crippen molar-refractivity contribution in [2.45, 2.75) is 0 Å². The van der Waals surface area contributed by atoms with Crippen molar-refractivity contribution in [3.8, 4) is 5.75 Å². The molecule has 2 rings (SSSR count). The lowest BCUT2D eigenvalue weighted by molar-refractivity contribution is 0.0693. The highest BCUT2D eigenvalue weighted by atomic mass is 16.5. The van der Waals surface area contributed by atoms with Crippen LogP contribution in [0.25, 0.3) is 0 Å². The molecular weight excluding hydrogens is 262 g/mol. The molecule has 0 atom stereocenters. The number of nitrogens with one attached hydrogen (secondary N) is 1. The molecule has 0 aliphatic rings. The van der Waals surface area contributed by atoms with Gasteiger partial charge in [0.15, 0.2) is 0 Å². The topological polar surface area (TPSA) is 101 Å². The fourth-order valence-corrected chi connectivity index (χ4v) is 1.57. The molecule has 0 bridgehead atoms. The number of anilines is 1. The van der Waals surface area contributed by atoms with E-state index < -0.39 is 5.97 Å². The summed E-state index contributed by atoms with van der Waals surface area (Å²) in [4.78, 5) is 22.8. The predicted octanol–water partition coefficient (Wildman–Crippen LogP) is 1.44. The predicted molar refractivity (Wildman–Crippen MR) is 69.9 cm³/mol. The Morgan fingerprint density at radius 3 is 2.65 bits per heavy atom. The molecule has 0 unspecified atom stereocenters. The first-order valence-corrected chi connectivity index (χ1v) is 5.61. The van der Waals surface area contributed by atoms with E-state index in [4.69, 9.17) is 9.84 Å². The molecule has 0 spiro atoms. The van der Waals surface area contributed by atoms with Gasteiger partial charge < -0.3 is 15.2 Å². The van der Waals surface area contributed by atoms with Crippen LogP contribution in [-0.2, 0) is 0 Å². The van der Waals surface area contributed by atoms with Gasteiger partial charge in [0.2, 0.25) is 0 Å². The third-order valence-corrected chi connectivity index (χ3v) is 2.54. The molecule has 1 aromatic heterocycles. The van der Waals surface area contributed by atoms with Crippen molar-refractivity contribution in [2.75, 3.05) is 12.4 Å². The summed E-state index contributed by atoms with van der Waals surface area (Å²) in [6.07, 6.45) is 2.74. The van der Waals surface area contributed by atoms with Crippen LogP contribution in [0.3, 0.4) is 0 Å². The Kier molecular flexibility index (Phi) is 3.90. The van der Waals surface area contributed by atoms with Crippen LogP contribution in [0, 0.1) is 0 Å². The van der Waals surface area contributed by atoms with Gasteiger partial charge in [0, 0.05) is 11.8 Å². The molecule has 2 aromatic rings. The maximum Gasteiger partial charge on any atom is 0.339 e. The molecule has 102 valence electrons. The van der Waals surface area contributed by atoms with Crippen molar-refractivity contribution in [1.82, 2.24) is 10.2 Å². The second-order valence-electron chi connectivity index (χ2n) is 3.81. The largest absolute Gasteiger partial charge is 0.496 e. The first kappa shape index (κ1) is 13.5. The number of amides is 1. The monoisotopic (exact) mass is 273 g/mol. The van der Waals surface area contributed by atoms with Gasteiger partial charge in [0.1, 0.15) is 11.3 Å². The van der Waals surface area contributed by atoms with Gasteiger partial charge in [-0.1, -0.05) is 0 Å². The van der Waals surface area contributed by atoms with Crippen LogP contribution in [0.2, 0.25) is 0 Å². The summed E-state index contributed by atoms with van der Waals surface area (Å²) in [5.74, 6) is -1.30. The van der Waals surface area contributed by atoms with E-state index >= 15 is 0 Å². The zero-order valence-electron chi connectivity index (χ0n) is 10.5. The second-order valence-corrected chi connectivity index (χ2v) is 3.81. The number of carbonyl (C=O) groups is 2. The van der Waals surface area contributed by atoms with Gasteiger partial charge in [-0.25, -0.2) is 4.79 Å². The third-order valence-electron chi connectivity index (χ3n) is 2.54. The summed E-state index contributed by atoms with van der Waals surface area (Å²) >= 11 is 0. The molecule has 0 aliphatic carbocycles. The quantitative estimate of drug-likeness (QED) is 0.873. The van der Waals surface area contributed by atoms with Crippen LogP contribution in [0.5, 0.6) is 5.75 Å². The van der Waals surface area contributed by atoms with Crippen molar-refractivity contribution >= 4 is 17.6 Å². The zero-order valence-corrected chi connectivity index (χ0v) is 10.5. The lowest BCUT2D eigenvalue weighted by Crippen LogP contribution is -2.12. The Balaban J connectivity index is 2.22. The van der Waals surface area contributed by atoms with Gasteiger partial charge in [-0.2, -0.15) is 10.2 Å². The fraction of sp³-hybridized carbons (Fsp3) is 0.0769. The first-order valence-electron chi connectivity index (χ1n) is 5.61. The number of ether oxygens (including phenoxy) is 1. The van der Waals surface area contributed by atoms with E-state index in [1.54, 1.807) is 0 Å². The highest BCUT2D eigenvalue weighted by Gasteiger charge is 2.13. The molecule has 0 radical (unpaired) electrons. The van der Waals surface area contributed by atoms with Crippen LogP contribution in [0.15, 0.2) is 36.7 Å². The normalized spacial score (nSPS) is 9.85. The van der Waals surface area contributed by atoms with Crippen molar-refractivity contribution in [2.24, 2.45) is 0 Å². The number of carboxylic acid groups (broad SMARTS) is 1. The molecule has 1 aromatic carbocycles. The third kappa shape index (κ3) is 2.89. The van der Waals surface area contributed by atoms with Gasteiger partial charge in [-0.15, -0.1) is 0 Å². The summed E-state index contributed by atoms with van der Waals surface area (Å²) < 4.78 is 4.98. The Labute approximate surface area is 114 Å². The maximum absolute atomic E-state index is 11.9. The highest BCUT2D eigenvalue weighted by molar-refractivity contribution is 6.04. The number of hydrogen-bond donors (Lipinski definition) is 2. The molecule has 0 aliphatic heterocycles. The highest BCUT2D eigenvalue weighted by Crippen LogP contribution is 2.23. The van der Waals surface area contributed by atoms with Crippen molar-refractivity contribution < 1.29 is 19.4 Å². The Bertz CT molecular complexity index is 643. The average Bonchev–Trinajstić information content (AvgIpc) is 2.47. The minimum Gasteiger partial charge on any atom is -0.496 e. The van der Waals surface area contributed by atoms with Gasteiger partial charge in [0.25, 0.3) is 5.91 Å². The Hall–Kier alpha value is -2.96. The molecule has 0 saturated carbocycles. The van der Waals surface area contributed by atoms with Crippen LogP contribution in [0.1, 0.15) is 20.7 Å². The summed E-state index contributed by atoms with van der Waals surface area (Å²) in [5.41, 5.74) is 0.797. The van der Waals surface area contributed by atoms with Crippen molar-refractivity contribution in [3.05, 3.63) is 47.8 Å². The Morgan fingerprint density at radius 2 is 2.05 bits per heavy atom. The number of rotatable bonds is 4. The number of carbonyl (C=O) groups excluding carboxylic acids is 1.